The van der Waals surface area contributed by atoms with Crippen molar-refractivity contribution in [3.8, 4) is 17.2 Å². The molecule has 3 aromatic carbocycles. The average molecular weight is 593 g/mol. The highest BCUT2D eigenvalue weighted by molar-refractivity contribution is 6.33. The van der Waals surface area contributed by atoms with Crippen LogP contribution in [0, 0.1) is 5.92 Å². The molecule has 0 saturated heterocycles. The van der Waals surface area contributed by atoms with Crippen LogP contribution in [-0.4, -0.2) is 49.4 Å². The quantitative estimate of drug-likeness (QED) is 0.155. The van der Waals surface area contributed by atoms with Gasteiger partial charge >= 0.3 is 0 Å². The number of hydrogen-bond acceptors (Lipinski definition) is 6. The van der Waals surface area contributed by atoms with Gasteiger partial charge in [0.2, 0.25) is 5.91 Å². The van der Waals surface area contributed by atoms with E-state index in [1.54, 1.807) is 14.2 Å². The number of halogens is 1. The molecule has 1 aromatic heterocycles. The van der Waals surface area contributed by atoms with Crippen LogP contribution in [0.15, 0.2) is 60.7 Å². The zero-order chi connectivity index (χ0) is 29.9. The number of hydrogen-bond donors (Lipinski definition) is 2. The lowest BCUT2D eigenvalue weighted by Crippen LogP contribution is -2.25. The van der Waals surface area contributed by atoms with E-state index in [0.29, 0.717) is 42.6 Å². The maximum Gasteiger partial charge on any atom is 0.220 e. The van der Waals surface area contributed by atoms with Gasteiger partial charge < -0.3 is 29.4 Å². The number of benzene rings is 3. The molecule has 0 aliphatic heterocycles. The standard InChI is InChI=1S/C33H41ClN4O4/c1-5-35-17-18-42-26-10-8-9-24(20-26)22-38-28-12-7-6-11-27(28)37-30(38)21-36-31(39)16-13-23(2)19-25-14-15-29(40-3)33(41-4)32(25)34/h6-12,14-15,20,23,35H,5,13,16-19,21-22H2,1-4H3,(H,36,39). The van der Waals surface area contributed by atoms with Crippen LogP contribution in [0.1, 0.15) is 43.6 Å². The van der Waals surface area contributed by atoms with E-state index in [1.165, 1.54) is 0 Å². The largest absolute Gasteiger partial charge is 0.493 e. The molecule has 4 aromatic rings. The molecule has 0 spiro atoms. The van der Waals surface area contributed by atoms with Crippen molar-refractivity contribution in [1.82, 2.24) is 20.2 Å². The number of para-hydroxylation sites is 2. The van der Waals surface area contributed by atoms with Crippen LogP contribution in [0.3, 0.4) is 0 Å². The second-order valence-corrected chi connectivity index (χ2v) is 10.7. The fourth-order valence-corrected chi connectivity index (χ4v) is 5.29. The number of fused-ring (bicyclic) bond motifs is 1. The third kappa shape index (κ3) is 8.17. The molecule has 8 nitrogen and oxygen atoms in total. The van der Waals surface area contributed by atoms with E-state index in [0.717, 1.165) is 59.7 Å². The SMILES string of the molecule is CCNCCOc1cccc(Cn2c(CNC(=O)CCC(C)Cc3ccc(OC)c(OC)c3Cl)nc3ccccc32)c1. The highest BCUT2D eigenvalue weighted by Crippen LogP contribution is 2.38. The summed E-state index contributed by atoms with van der Waals surface area (Å²) in [4.78, 5) is 17.7. The van der Waals surface area contributed by atoms with E-state index in [4.69, 9.17) is 30.8 Å². The van der Waals surface area contributed by atoms with Crippen molar-refractivity contribution in [3.63, 3.8) is 0 Å². The molecule has 0 aliphatic rings. The lowest BCUT2D eigenvalue weighted by Gasteiger charge is -2.16. The Morgan fingerprint density at radius 3 is 2.69 bits per heavy atom. The first-order valence-electron chi connectivity index (χ1n) is 14.5. The van der Waals surface area contributed by atoms with Crippen LogP contribution in [0.25, 0.3) is 11.0 Å². The van der Waals surface area contributed by atoms with Gasteiger partial charge in [0.1, 0.15) is 18.2 Å². The Hall–Kier alpha value is -3.75. The minimum atomic E-state index is -0.00468. The fourth-order valence-electron chi connectivity index (χ4n) is 4.98. The first-order valence-corrected chi connectivity index (χ1v) is 14.8. The number of carbonyl (C=O) groups excluding carboxylic acids is 1. The highest BCUT2D eigenvalue weighted by atomic mass is 35.5. The third-order valence-corrected chi connectivity index (χ3v) is 7.63. The van der Waals surface area contributed by atoms with Crippen molar-refractivity contribution >= 4 is 28.5 Å². The van der Waals surface area contributed by atoms with Gasteiger partial charge in [-0.25, -0.2) is 4.98 Å². The number of ether oxygens (including phenoxy) is 3. The molecule has 2 N–H and O–H groups in total. The van der Waals surface area contributed by atoms with Crippen LogP contribution in [0.4, 0.5) is 0 Å². The summed E-state index contributed by atoms with van der Waals surface area (Å²) < 4.78 is 18.8. The number of likely N-dealkylation sites (N-methyl/N-ethyl adjacent to an activating group) is 1. The van der Waals surface area contributed by atoms with E-state index in [9.17, 15) is 4.79 Å². The van der Waals surface area contributed by atoms with Crippen LogP contribution >= 0.6 is 11.6 Å². The van der Waals surface area contributed by atoms with Crippen molar-refractivity contribution in [3.05, 3.63) is 82.6 Å². The Morgan fingerprint density at radius 1 is 1.07 bits per heavy atom. The molecule has 1 unspecified atom stereocenters. The van der Waals surface area contributed by atoms with Gasteiger partial charge in [0.05, 0.1) is 36.8 Å². The average Bonchev–Trinajstić information content (AvgIpc) is 3.35. The van der Waals surface area contributed by atoms with Gasteiger partial charge in [-0.3, -0.25) is 4.79 Å². The second-order valence-electron chi connectivity index (χ2n) is 10.4. The van der Waals surface area contributed by atoms with Gasteiger partial charge in [-0.05, 0) is 66.8 Å². The number of rotatable bonds is 16. The Morgan fingerprint density at radius 2 is 1.90 bits per heavy atom. The fraction of sp³-hybridized carbons (Fsp3) is 0.394. The summed E-state index contributed by atoms with van der Waals surface area (Å²) in [5.41, 5.74) is 4.01. The number of nitrogens with zero attached hydrogens (tertiary/aromatic N) is 2. The minimum Gasteiger partial charge on any atom is -0.493 e. The van der Waals surface area contributed by atoms with Gasteiger partial charge in [0, 0.05) is 19.5 Å². The summed E-state index contributed by atoms with van der Waals surface area (Å²) in [5.74, 6) is 3.04. The third-order valence-electron chi connectivity index (χ3n) is 7.21. The van der Waals surface area contributed by atoms with E-state index in [2.05, 4.69) is 47.2 Å². The zero-order valence-corrected chi connectivity index (χ0v) is 25.7. The molecule has 224 valence electrons. The molecular formula is C33H41ClN4O4. The Kier molecular flexibility index (Phi) is 11.5. The van der Waals surface area contributed by atoms with Crippen molar-refractivity contribution in [2.45, 2.75) is 46.2 Å². The maximum atomic E-state index is 12.9. The summed E-state index contributed by atoms with van der Waals surface area (Å²) in [7, 11) is 3.17. The Bertz CT molecular complexity index is 1470. The number of nitrogens with one attached hydrogen (secondary N) is 2. The smallest absolute Gasteiger partial charge is 0.220 e. The van der Waals surface area contributed by atoms with E-state index in [-0.39, 0.29) is 11.8 Å². The van der Waals surface area contributed by atoms with Crippen molar-refractivity contribution < 1.29 is 19.0 Å². The molecule has 1 heterocycles. The summed E-state index contributed by atoms with van der Waals surface area (Å²) in [5, 5.41) is 6.91. The van der Waals surface area contributed by atoms with Crippen molar-refractivity contribution in [1.29, 1.82) is 0 Å². The second kappa shape index (κ2) is 15.5. The van der Waals surface area contributed by atoms with Crippen LogP contribution in [0.5, 0.6) is 17.2 Å². The molecule has 0 fully saturated rings. The molecule has 1 atom stereocenters. The Balaban J connectivity index is 1.36. The van der Waals surface area contributed by atoms with Crippen molar-refractivity contribution in [2.75, 3.05) is 33.9 Å². The van der Waals surface area contributed by atoms with E-state index < -0.39 is 0 Å². The van der Waals surface area contributed by atoms with Crippen LogP contribution in [0.2, 0.25) is 5.02 Å². The number of amides is 1. The van der Waals surface area contributed by atoms with Crippen LogP contribution in [-0.2, 0) is 24.3 Å². The zero-order valence-electron chi connectivity index (χ0n) is 24.9. The summed E-state index contributed by atoms with van der Waals surface area (Å²) >= 11 is 6.56. The van der Waals surface area contributed by atoms with Gasteiger partial charge in [-0.1, -0.05) is 55.8 Å². The monoisotopic (exact) mass is 592 g/mol. The molecule has 0 saturated carbocycles. The van der Waals surface area contributed by atoms with Crippen LogP contribution < -0.4 is 24.8 Å². The first kappa shape index (κ1) is 31.2. The summed E-state index contributed by atoms with van der Waals surface area (Å²) in [6, 6.07) is 20.0. The maximum absolute atomic E-state index is 12.9. The number of imidazole rings is 1. The lowest BCUT2D eigenvalue weighted by molar-refractivity contribution is -0.121. The van der Waals surface area contributed by atoms with E-state index in [1.807, 2.05) is 42.5 Å². The lowest BCUT2D eigenvalue weighted by atomic mass is 9.96. The normalized spacial score (nSPS) is 11.8. The van der Waals surface area contributed by atoms with Crippen molar-refractivity contribution in [2.24, 2.45) is 5.92 Å². The predicted octanol–water partition coefficient (Wildman–Crippen LogP) is 6.02. The van der Waals surface area contributed by atoms with Gasteiger partial charge in [-0.2, -0.15) is 0 Å². The topological polar surface area (TPSA) is 86.6 Å². The predicted molar refractivity (Wildman–Crippen MR) is 168 cm³/mol. The highest BCUT2D eigenvalue weighted by Gasteiger charge is 2.17. The van der Waals surface area contributed by atoms with E-state index >= 15 is 0 Å². The first-order chi connectivity index (χ1) is 20.4. The number of methoxy groups -OCH3 is 2. The minimum absolute atomic E-state index is 0.00468. The number of carbonyl (C=O) groups is 1. The summed E-state index contributed by atoms with van der Waals surface area (Å²) in [6.45, 7) is 7.51. The van der Waals surface area contributed by atoms with Gasteiger partial charge in [-0.15, -0.1) is 0 Å². The molecule has 0 radical (unpaired) electrons. The molecular weight excluding hydrogens is 552 g/mol. The molecule has 1 amide bonds. The molecule has 9 heteroatoms. The number of aromatic nitrogens is 2. The van der Waals surface area contributed by atoms with Gasteiger partial charge in [0.15, 0.2) is 11.5 Å². The molecule has 42 heavy (non-hydrogen) atoms. The molecule has 0 aliphatic carbocycles. The molecule has 0 bridgehead atoms. The molecule has 4 rings (SSSR count). The van der Waals surface area contributed by atoms with Gasteiger partial charge in [0.25, 0.3) is 0 Å². The Labute approximate surface area is 253 Å². The summed E-state index contributed by atoms with van der Waals surface area (Å²) in [6.07, 6.45) is 1.88.